The van der Waals surface area contributed by atoms with Crippen molar-refractivity contribution in [3.05, 3.63) is 24.1 Å². The zero-order valence-electron chi connectivity index (χ0n) is 7.95. The van der Waals surface area contributed by atoms with Crippen LogP contribution in [0.1, 0.15) is 10.4 Å². The molecule has 0 radical (unpaired) electrons. The lowest BCUT2D eigenvalue weighted by molar-refractivity contribution is -0.182. The zero-order chi connectivity index (χ0) is 11.7. The van der Waals surface area contributed by atoms with Gasteiger partial charge >= 0.3 is 5.97 Å². The highest BCUT2D eigenvalue weighted by Crippen LogP contribution is 2.20. The van der Waals surface area contributed by atoms with E-state index in [1.165, 1.54) is 16.9 Å². The third-order valence-corrected chi connectivity index (χ3v) is 1.95. The summed E-state index contributed by atoms with van der Waals surface area (Å²) in [6, 6.07) is 1.31. The Kier molecular flexibility index (Phi) is 2.25. The molecular weight excluding hydrogens is 216 g/mol. The van der Waals surface area contributed by atoms with Crippen molar-refractivity contribution in [1.82, 2.24) is 9.78 Å². The van der Waals surface area contributed by atoms with Crippen molar-refractivity contribution in [2.45, 2.75) is 0 Å². The Hall–Kier alpha value is -2.48. The van der Waals surface area contributed by atoms with Gasteiger partial charge in [0.25, 0.3) is 0 Å². The molecule has 0 saturated carbocycles. The van der Waals surface area contributed by atoms with Gasteiger partial charge in [-0.05, 0) is 0 Å². The number of nitrogens with zero attached hydrogens (tertiary/aromatic N) is 2. The lowest BCUT2D eigenvalue weighted by Crippen LogP contribution is -2.02. The second-order valence-corrected chi connectivity index (χ2v) is 2.95. The average molecular weight is 224 g/mol. The van der Waals surface area contributed by atoms with Crippen LogP contribution >= 0.6 is 0 Å². The second-order valence-electron chi connectivity index (χ2n) is 2.95. The molecule has 0 unspecified atom stereocenters. The molecule has 0 saturated heterocycles. The first-order valence-corrected chi connectivity index (χ1v) is 4.17. The van der Waals surface area contributed by atoms with Crippen molar-refractivity contribution in [1.29, 1.82) is 0 Å². The number of aromatic nitrogens is 2. The topological polar surface area (TPSA) is 130 Å². The van der Waals surface area contributed by atoms with Crippen molar-refractivity contribution in [3.8, 4) is 5.88 Å². The number of furan rings is 1. The molecule has 0 aliphatic heterocycles. The van der Waals surface area contributed by atoms with Crippen molar-refractivity contribution < 1.29 is 19.4 Å². The van der Waals surface area contributed by atoms with Gasteiger partial charge in [0.15, 0.2) is 5.82 Å². The first-order valence-electron chi connectivity index (χ1n) is 4.17. The molecule has 0 aliphatic rings. The van der Waals surface area contributed by atoms with E-state index in [4.69, 9.17) is 21.1 Å². The molecular formula is C8H8N4O4. The minimum atomic E-state index is -0.936. The standard InChI is InChI=1S/C8H8N4O4/c9-5-2-11-12(7(5)10)6-1-4(3-15-6)8(13)16-14/h1-3,14H,9-10H2. The molecule has 2 aromatic heterocycles. The van der Waals surface area contributed by atoms with E-state index in [0.29, 0.717) is 5.69 Å². The number of hydrogen-bond donors (Lipinski definition) is 3. The Morgan fingerprint density at radius 3 is 2.88 bits per heavy atom. The predicted molar refractivity (Wildman–Crippen MR) is 52.7 cm³/mol. The van der Waals surface area contributed by atoms with E-state index in [1.54, 1.807) is 0 Å². The van der Waals surface area contributed by atoms with Crippen LogP contribution in [0.5, 0.6) is 0 Å². The fourth-order valence-corrected chi connectivity index (χ4v) is 1.14. The summed E-state index contributed by atoms with van der Waals surface area (Å²) in [5.74, 6) is -0.554. The molecule has 0 aromatic carbocycles. The SMILES string of the molecule is Nc1cnn(-c2cc(C(=O)OO)co2)c1N. The van der Waals surface area contributed by atoms with E-state index in [1.807, 2.05) is 0 Å². The summed E-state index contributed by atoms with van der Waals surface area (Å²) < 4.78 is 6.23. The highest BCUT2D eigenvalue weighted by Gasteiger charge is 2.15. The molecule has 2 heterocycles. The van der Waals surface area contributed by atoms with Gasteiger partial charge in [0, 0.05) is 6.07 Å². The molecule has 0 amide bonds. The maximum absolute atomic E-state index is 10.9. The first kappa shape index (κ1) is 10.1. The second kappa shape index (κ2) is 3.59. The van der Waals surface area contributed by atoms with E-state index < -0.39 is 5.97 Å². The van der Waals surface area contributed by atoms with Crippen molar-refractivity contribution in [3.63, 3.8) is 0 Å². The number of carbonyl (C=O) groups excluding carboxylic acids is 1. The van der Waals surface area contributed by atoms with Crippen LogP contribution in [-0.4, -0.2) is 21.0 Å². The molecule has 16 heavy (non-hydrogen) atoms. The molecule has 0 bridgehead atoms. The van der Waals surface area contributed by atoms with Gasteiger partial charge in [-0.15, -0.1) is 0 Å². The fraction of sp³-hybridized carbons (Fsp3) is 0. The van der Waals surface area contributed by atoms with E-state index in [0.717, 1.165) is 6.26 Å². The molecule has 2 aromatic rings. The lowest BCUT2D eigenvalue weighted by Gasteiger charge is -1.97. The molecule has 84 valence electrons. The number of carbonyl (C=O) groups is 1. The smallest absolute Gasteiger partial charge is 0.376 e. The molecule has 5 N–H and O–H groups in total. The van der Waals surface area contributed by atoms with Gasteiger partial charge in [-0.2, -0.15) is 15.0 Å². The number of anilines is 2. The Balaban J connectivity index is 2.39. The normalized spacial score (nSPS) is 10.3. The maximum Gasteiger partial charge on any atom is 0.376 e. The molecule has 0 spiro atoms. The van der Waals surface area contributed by atoms with Gasteiger partial charge in [0.2, 0.25) is 5.88 Å². The van der Waals surface area contributed by atoms with Crippen LogP contribution in [0.25, 0.3) is 5.88 Å². The first-order chi connectivity index (χ1) is 7.63. The van der Waals surface area contributed by atoms with Gasteiger partial charge in [0.1, 0.15) is 11.8 Å². The van der Waals surface area contributed by atoms with Crippen LogP contribution in [0, 0.1) is 0 Å². The van der Waals surface area contributed by atoms with Gasteiger partial charge < -0.3 is 15.9 Å². The van der Waals surface area contributed by atoms with Crippen molar-refractivity contribution in [2.75, 3.05) is 11.5 Å². The Labute approximate surface area is 88.9 Å². The number of rotatable bonds is 2. The van der Waals surface area contributed by atoms with Crippen LogP contribution in [0.3, 0.4) is 0 Å². The highest BCUT2D eigenvalue weighted by molar-refractivity contribution is 5.89. The third kappa shape index (κ3) is 1.46. The third-order valence-electron chi connectivity index (χ3n) is 1.95. The maximum atomic E-state index is 10.9. The zero-order valence-corrected chi connectivity index (χ0v) is 7.95. The number of nitrogens with two attached hydrogens (primary N) is 2. The summed E-state index contributed by atoms with van der Waals surface area (Å²) >= 11 is 0. The Bertz CT molecular complexity index is 530. The van der Waals surface area contributed by atoms with Crippen LogP contribution in [0.2, 0.25) is 0 Å². The lowest BCUT2D eigenvalue weighted by atomic mass is 10.3. The van der Waals surface area contributed by atoms with Gasteiger partial charge in [-0.3, -0.25) is 4.89 Å². The summed E-state index contributed by atoms with van der Waals surface area (Å²) in [6.45, 7) is 0. The minimum Gasteiger partial charge on any atom is -0.446 e. The van der Waals surface area contributed by atoms with E-state index in [-0.39, 0.29) is 17.3 Å². The Morgan fingerprint density at radius 2 is 2.31 bits per heavy atom. The van der Waals surface area contributed by atoms with E-state index in [2.05, 4.69) is 9.99 Å². The van der Waals surface area contributed by atoms with Crippen LogP contribution in [0.4, 0.5) is 11.5 Å². The molecule has 8 heteroatoms. The quantitative estimate of drug-likeness (QED) is 0.492. The molecule has 2 rings (SSSR count). The van der Waals surface area contributed by atoms with Crippen molar-refractivity contribution >= 4 is 17.5 Å². The van der Waals surface area contributed by atoms with E-state index in [9.17, 15) is 4.79 Å². The van der Waals surface area contributed by atoms with Gasteiger partial charge in [0.05, 0.1) is 11.9 Å². The van der Waals surface area contributed by atoms with Gasteiger partial charge in [-0.25, -0.2) is 4.79 Å². The summed E-state index contributed by atoms with van der Waals surface area (Å²) in [6.07, 6.45) is 2.45. The summed E-state index contributed by atoms with van der Waals surface area (Å²) in [7, 11) is 0. The van der Waals surface area contributed by atoms with Crippen LogP contribution in [-0.2, 0) is 4.89 Å². The average Bonchev–Trinajstić information content (AvgIpc) is 2.87. The monoisotopic (exact) mass is 224 g/mol. The highest BCUT2D eigenvalue weighted by atomic mass is 17.1. The predicted octanol–water partition coefficient (Wildman–Crippen LogP) is 0.259. The Morgan fingerprint density at radius 1 is 1.56 bits per heavy atom. The van der Waals surface area contributed by atoms with E-state index >= 15 is 0 Å². The molecule has 0 fully saturated rings. The summed E-state index contributed by atoms with van der Waals surface area (Å²) in [5, 5.41) is 12.0. The fourth-order valence-electron chi connectivity index (χ4n) is 1.14. The van der Waals surface area contributed by atoms with Gasteiger partial charge in [-0.1, -0.05) is 0 Å². The number of nitrogen functional groups attached to an aromatic ring is 2. The summed E-state index contributed by atoms with van der Waals surface area (Å²) in [4.78, 5) is 14.5. The van der Waals surface area contributed by atoms with Crippen molar-refractivity contribution in [2.24, 2.45) is 0 Å². The van der Waals surface area contributed by atoms with Crippen LogP contribution in [0.15, 0.2) is 22.9 Å². The molecule has 0 atom stereocenters. The van der Waals surface area contributed by atoms with Crippen LogP contribution < -0.4 is 11.5 Å². The molecule has 8 nitrogen and oxygen atoms in total. The summed E-state index contributed by atoms with van der Waals surface area (Å²) in [5.41, 5.74) is 11.4. The minimum absolute atomic E-state index is 0.0333. The largest absolute Gasteiger partial charge is 0.446 e. The number of hydrogen-bond acceptors (Lipinski definition) is 7. The molecule has 0 aliphatic carbocycles.